The van der Waals surface area contributed by atoms with Crippen molar-refractivity contribution in [3.63, 3.8) is 0 Å². The Morgan fingerprint density at radius 2 is 1.92 bits per heavy atom. The van der Waals surface area contributed by atoms with E-state index in [9.17, 15) is 4.79 Å². The lowest BCUT2D eigenvalue weighted by atomic mass is 10.0. The van der Waals surface area contributed by atoms with E-state index in [0.717, 1.165) is 23.7 Å². The number of para-hydroxylation sites is 1. The van der Waals surface area contributed by atoms with Crippen LogP contribution in [0.4, 0.5) is 10.8 Å². The molecule has 1 aliphatic rings. The number of anilines is 2. The van der Waals surface area contributed by atoms with Gasteiger partial charge in [0.15, 0.2) is 5.13 Å². The molecule has 1 fully saturated rings. The van der Waals surface area contributed by atoms with Crippen molar-refractivity contribution in [3.8, 4) is 0 Å². The second-order valence-electron chi connectivity index (χ2n) is 7.02. The van der Waals surface area contributed by atoms with Gasteiger partial charge in [0.25, 0.3) is 0 Å². The van der Waals surface area contributed by atoms with Gasteiger partial charge in [0.1, 0.15) is 5.54 Å². The van der Waals surface area contributed by atoms with Crippen LogP contribution in [0.2, 0.25) is 0 Å². The first-order valence-corrected chi connectivity index (χ1v) is 9.47. The number of amides is 1. The van der Waals surface area contributed by atoms with Crippen molar-refractivity contribution in [1.82, 2.24) is 19.7 Å². The van der Waals surface area contributed by atoms with Crippen LogP contribution in [0.15, 0.2) is 36.7 Å². The van der Waals surface area contributed by atoms with Gasteiger partial charge in [0.05, 0.1) is 22.1 Å². The quantitative estimate of drug-likeness (QED) is 0.764. The number of nitrogens with zero attached hydrogens (tertiary/aromatic N) is 5. The third-order valence-corrected chi connectivity index (χ3v) is 5.92. The van der Waals surface area contributed by atoms with Crippen molar-refractivity contribution in [2.45, 2.75) is 19.4 Å². The highest BCUT2D eigenvalue weighted by Gasteiger charge is 2.36. The molecule has 1 aliphatic heterocycles. The van der Waals surface area contributed by atoms with Gasteiger partial charge in [-0.15, -0.1) is 0 Å². The number of thiazole rings is 1. The van der Waals surface area contributed by atoms with Gasteiger partial charge in [0.2, 0.25) is 5.91 Å². The zero-order valence-electron chi connectivity index (χ0n) is 14.9. The number of fused-ring (bicyclic) bond motifs is 1. The standard InChI is InChI=1S/C18H22N6OS/c1-18(2,24-12-13(19)11-20-24)16(25)22-7-9-23(10-8-22)17-21-14-5-3-4-6-15(14)26-17/h3-6,11-12H,7-10,19H2,1-2H3. The van der Waals surface area contributed by atoms with Crippen LogP contribution in [-0.4, -0.2) is 51.8 Å². The molecule has 0 aliphatic carbocycles. The number of piperazine rings is 1. The Morgan fingerprint density at radius 1 is 1.19 bits per heavy atom. The summed E-state index contributed by atoms with van der Waals surface area (Å²) < 4.78 is 2.84. The maximum absolute atomic E-state index is 13.0. The second-order valence-corrected chi connectivity index (χ2v) is 8.03. The van der Waals surface area contributed by atoms with Gasteiger partial charge in [0, 0.05) is 32.4 Å². The molecule has 3 heterocycles. The Morgan fingerprint density at radius 3 is 2.58 bits per heavy atom. The molecule has 7 nitrogen and oxygen atoms in total. The summed E-state index contributed by atoms with van der Waals surface area (Å²) in [7, 11) is 0. The molecule has 0 atom stereocenters. The Labute approximate surface area is 156 Å². The molecule has 26 heavy (non-hydrogen) atoms. The molecule has 3 aromatic rings. The zero-order chi connectivity index (χ0) is 18.3. The lowest BCUT2D eigenvalue weighted by Gasteiger charge is -2.38. The fourth-order valence-electron chi connectivity index (χ4n) is 3.22. The highest BCUT2D eigenvalue weighted by molar-refractivity contribution is 7.22. The second kappa shape index (κ2) is 6.28. The van der Waals surface area contributed by atoms with E-state index < -0.39 is 5.54 Å². The van der Waals surface area contributed by atoms with Crippen LogP contribution in [0.3, 0.4) is 0 Å². The number of nitrogen functional groups attached to an aromatic ring is 1. The van der Waals surface area contributed by atoms with Gasteiger partial charge in [-0.3, -0.25) is 9.48 Å². The first kappa shape index (κ1) is 16.8. The minimum atomic E-state index is -0.754. The highest BCUT2D eigenvalue weighted by Crippen LogP contribution is 2.29. The lowest BCUT2D eigenvalue weighted by molar-refractivity contribution is -0.140. The molecule has 0 saturated carbocycles. The van der Waals surface area contributed by atoms with Crippen LogP contribution in [0.1, 0.15) is 13.8 Å². The summed E-state index contributed by atoms with van der Waals surface area (Å²) in [6, 6.07) is 8.17. The topological polar surface area (TPSA) is 80.3 Å². The van der Waals surface area contributed by atoms with Crippen molar-refractivity contribution < 1.29 is 4.79 Å². The van der Waals surface area contributed by atoms with E-state index in [-0.39, 0.29) is 5.91 Å². The fourth-order valence-corrected chi connectivity index (χ4v) is 4.24. The fraction of sp³-hybridized carbons (Fsp3) is 0.389. The predicted molar refractivity (Wildman–Crippen MR) is 104 cm³/mol. The van der Waals surface area contributed by atoms with E-state index in [4.69, 9.17) is 10.7 Å². The van der Waals surface area contributed by atoms with Gasteiger partial charge >= 0.3 is 0 Å². The molecule has 0 unspecified atom stereocenters. The van der Waals surface area contributed by atoms with Crippen LogP contribution >= 0.6 is 11.3 Å². The van der Waals surface area contributed by atoms with E-state index >= 15 is 0 Å². The van der Waals surface area contributed by atoms with Gasteiger partial charge in [-0.1, -0.05) is 23.5 Å². The molecule has 1 aromatic carbocycles. The number of carbonyl (C=O) groups excluding carboxylic acids is 1. The molecule has 136 valence electrons. The number of nitrogens with two attached hydrogens (primary N) is 1. The molecule has 4 rings (SSSR count). The SMILES string of the molecule is CC(C)(C(=O)N1CCN(c2nc3ccccc3s2)CC1)n1cc(N)cn1. The number of hydrogen-bond donors (Lipinski definition) is 1. The maximum Gasteiger partial charge on any atom is 0.250 e. The first-order chi connectivity index (χ1) is 12.4. The summed E-state index contributed by atoms with van der Waals surface area (Å²) in [6.45, 7) is 6.67. The molecule has 0 spiro atoms. The number of rotatable bonds is 3. The minimum absolute atomic E-state index is 0.0598. The molecule has 2 aromatic heterocycles. The summed E-state index contributed by atoms with van der Waals surface area (Å²) in [6.07, 6.45) is 3.27. The lowest BCUT2D eigenvalue weighted by Crippen LogP contribution is -2.54. The number of benzene rings is 1. The third kappa shape index (κ3) is 2.90. The average Bonchev–Trinajstić information content (AvgIpc) is 3.27. The molecular formula is C18H22N6OS. The van der Waals surface area contributed by atoms with Crippen molar-refractivity contribution in [1.29, 1.82) is 0 Å². The van der Waals surface area contributed by atoms with Crippen LogP contribution in [0, 0.1) is 0 Å². The Balaban J connectivity index is 1.45. The summed E-state index contributed by atoms with van der Waals surface area (Å²) in [4.78, 5) is 21.9. The van der Waals surface area contributed by atoms with Crippen LogP contribution in [0.25, 0.3) is 10.2 Å². The molecule has 0 radical (unpaired) electrons. The number of carbonyl (C=O) groups is 1. The monoisotopic (exact) mass is 370 g/mol. The van der Waals surface area contributed by atoms with E-state index in [2.05, 4.69) is 16.1 Å². The van der Waals surface area contributed by atoms with Crippen molar-refractivity contribution in [3.05, 3.63) is 36.7 Å². The minimum Gasteiger partial charge on any atom is -0.396 e. The van der Waals surface area contributed by atoms with Gasteiger partial charge in [-0.2, -0.15) is 5.10 Å². The molecular weight excluding hydrogens is 348 g/mol. The van der Waals surface area contributed by atoms with E-state index in [1.807, 2.05) is 36.9 Å². The Bertz CT molecular complexity index is 905. The maximum atomic E-state index is 13.0. The van der Waals surface area contributed by atoms with Gasteiger partial charge in [-0.25, -0.2) is 4.98 Å². The van der Waals surface area contributed by atoms with E-state index in [1.54, 1.807) is 28.4 Å². The van der Waals surface area contributed by atoms with Gasteiger partial charge in [-0.05, 0) is 26.0 Å². The van der Waals surface area contributed by atoms with Crippen LogP contribution in [0.5, 0.6) is 0 Å². The van der Waals surface area contributed by atoms with Crippen molar-refractivity contribution in [2.75, 3.05) is 36.8 Å². The zero-order valence-corrected chi connectivity index (χ0v) is 15.7. The normalized spacial score (nSPS) is 15.6. The molecule has 1 amide bonds. The average molecular weight is 370 g/mol. The van der Waals surface area contributed by atoms with Crippen molar-refractivity contribution in [2.24, 2.45) is 0 Å². The summed E-state index contributed by atoms with van der Waals surface area (Å²) in [5, 5.41) is 5.24. The Kier molecular flexibility index (Phi) is 4.07. The Hall–Kier alpha value is -2.61. The predicted octanol–water partition coefficient (Wildman–Crippen LogP) is 2.16. The molecule has 2 N–H and O–H groups in total. The number of hydrogen-bond acceptors (Lipinski definition) is 6. The van der Waals surface area contributed by atoms with Crippen molar-refractivity contribution >= 4 is 38.3 Å². The first-order valence-electron chi connectivity index (χ1n) is 8.66. The smallest absolute Gasteiger partial charge is 0.250 e. The van der Waals surface area contributed by atoms with E-state index in [0.29, 0.717) is 18.8 Å². The molecule has 8 heteroatoms. The summed E-state index contributed by atoms with van der Waals surface area (Å²) in [5.74, 6) is 0.0598. The van der Waals surface area contributed by atoms with Crippen LogP contribution in [-0.2, 0) is 10.3 Å². The molecule has 1 saturated heterocycles. The molecule has 0 bridgehead atoms. The van der Waals surface area contributed by atoms with E-state index in [1.165, 1.54) is 4.70 Å². The summed E-state index contributed by atoms with van der Waals surface area (Å²) >= 11 is 1.70. The van der Waals surface area contributed by atoms with Gasteiger partial charge < -0.3 is 15.5 Å². The third-order valence-electron chi connectivity index (χ3n) is 4.82. The largest absolute Gasteiger partial charge is 0.396 e. The highest BCUT2D eigenvalue weighted by atomic mass is 32.1. The van der Waals surface area contributed by atoms with Crippen LogP contribution < -0.4 is 10.6 Å². The summed E-state index contributed by atoms with van der Waals surface area (Å²) in [5.41, 5.74) is 6.59. The number of aromatic nitrogens is 3.